The van der Waals surface area contributed by atoms with Crippen molar-refractivity contribution in [3.8, 4) is 11.5 Å². The van der Waals surface area contributed by atoms with Gasteiger partial charge in [-0.2, -0.15) is 0 Å². The second-order valence-corrected chi connectivity index (χ2v) is 6.95. The average Bonchev–Trinajstić information content (AvgIpc) is 2.66. The number of halogens is 1. The number of benzene rings is 1. The van der Waals surface area contributed by atoms with Crippen LogP contribution in [0.15, 0.2) is 53.7 Å². The number of methoxy groups -OCH3 is 1. The monoisotopic (exact) mass is 405 g/mol. The lowest BCUT2D eigenvalue weighted by Crippen LogP contribution is -2.24. The number of aromatic nitrogens is 1. The van der Waals surface area contributed by atoms with E-state index in [-0.39, 0.29) is 0 Å². The lowest BCUT2D eigenvalue weighted by molar-refractivity contribution is 0.0604. The predicted octanol–water partition coefficient (Wildman–Crippen LogP) is 5.07. The highest BCUT2D eigenvalue weighted by Gasteiger charge is 2.34. The van der Waals surface area contributed by atoms with E-state index in [2.05, 4.69) is 27.5 Å². The largest absolute Gasteiger partial charge is 0.491 e. The Labute approximate surface area is 157 Å². The van der Waals surface area contributed by atoms with Crippen molar-refractivity contribution in [2.24, 2.45) is 5.41 Å². The van der Waals surface area contributed by atoms with Crippen LogP contribution in [0.1, 0.15) is 37.6 Å². The summed E-state index contributed by atoms with van der Waals surface area (Å²) in [5.74, 6) is 0.956. The van der Waals surface area contributed by atoms with Crippen molar-refractivity contribution >= 4 is 15.9 Å². The summed E-state index contributed by atoms with van der Waals surface area (Å²) in [6.07, 6.45) is 3.25. The van der Waals surface area contributed by atoms with Crippen molar-refractivity contribution in [2.75, 3.05) is 7.11 Å². The number of ether oxygens (including phenoxy) is 2. The molecule has 0 radical (unpaired) electrons. The highest BCUT2D eigenvalue weighted by molar-refractivity contribution is 9.10. The molecule has 1 aromatic carbocycles. The van der Waals surface area contributed by atoms with E-state index in [1.54, 1.807) is 19.4 Å². The van der Waals surface area contributed by atoms with Crippen LogP contribution in [0, 0.1) is 5.41 Å². The molecule has 0 aliphatic rings. The maximum absolute atomic E-state index is 10.9. The van der Waals surface area contributed by atoms with E-state index in [1.165, 1.54) is 0 Å². The van der Waals surface area contributed by atoms with Gasteiger partial charge >= 0.3 is 0 Å². The molecule has 0 aliphatic heterocycles. The fraction of sp³-hybridized carbons (Fsp3) is 0.350. The van der Waals surface area contributed by atoms with Crippen molar-refractivity contribution < 1.29 is 14.6 Å². The van der Waals surface area contributed by atoms with E-state index in [1.807, 2.05) is 44.2 Å². The molecule has 4 nitrogen and oxygen atoms in total. The van der Waals surface area contributed by atoms with E-state index in [0.717, 1.165) is 12.0 Å². The zero-order valence-electron chi connectivity index (χ0n) is 14.8. The second-order valence-electron chi connectivity index (χ2n) is 6.09. The van der Waals surface area contributed by atoms with Gasteiger partial charge in [-0.25, -0.2) is 0 Å². The molecule has 0 fully saturated rings. The highest BCUT2D eigenvalue weighted by Crippen LogP contribution is 2.45. The molecular weight excluding hydrogens is 382 g/mol. The van der Waals surface area contributed by atoms with Gasteiger partial charge in [0.25, 0.3) is 0 Å². The zero-order chi connectivity index (χ0) is 18.4. The summed E-state index contributed by atoms with van der Waals surface area (Å²) in [5, 5.41) is 10.9. The first-order valence-electron chi connectivity index (χ1n) is 8.17. The number of nitrogens with zero attached hydrogens (tertiary/aromatic N) is 1. The van der Waals surface area contributed by atoms with E-state index < -0.39 is 11.5 Å². The summed E-state index contributed by atoms with van der Waals surface area (Å²) in [5.41, 5.74) is 0.975. The van der Waals surface area contributed by atoms with Crippen molar-refractivity contribution in [2.45, 2.75) is 33.0 Å². The molecular formula is C20H24BrNO3. The number of aliphatic hydroxyl groups excluding tert-OH is 1. The van der Waals surface area contributed by atoms with Gasteiger partial charge in [0.1, 0.15) is 18.4 Å². The number of rotatable bonds is 8. The number of aliphatic hydroxyl groups is 1. The topological polar surface area (TPSA) is 51.6 Å². The third kappa shape index (κ3) is 4.22. The summed E-state index contributed by atoms with van der Waals surface area (Å²) < 4.78 is 12.2. The van der Waals surface area contributed by atoms with Crippen molar-refractivity contribution in [1.82, 2.24) is 4.98 Å². The minimum Gasteiger partial charge on any atom is -0.491 e. The Hall–Kier alpha value is -1.85. The molecule has 1 aromatic heterocycles. The molecule has 2 atom stereocenters. The van der Waals surface area contributed by atoms with Crippen molar-refractivity contribution in [3.63, 3.8) is 0 Å². The summed E-state index contributed by atoms with van der Waals surface area (Å²) in [6.45, 7) is 8.19. The molecule has 5 heteroatoms. The Morgan fingerprint density at radius 1 is 1.32 bits per heavy atom. The number of pyridine rings is 1. The average molecular weight is 406 g/mol. The van der Waals surface area contributed by atoms with Gasteiger partial charge < -0.3 is 14.6 Å². The minimum absolute atomic E-state index is 0.391. The van der Waals surface area contributed by atoms with Gasteiger partial charge in [-0.1, -0.05) is 50.3 Å². The maximum Gasteiger partial charge on any atom is 0.186 e. The molecule has 0 bridgehead atoms. The summed E-state index contributed by atoms with van der Waals surface area (Å²) in [6, 6.07) is 9.86. The van der Waals surface area contributed by atoms with Crippen LogP contribution < -0.4 is 9.47 Å². The van der Waals surface area contributed by atoms with Gasteiger partial charge in [0.2, 0.25) is 0 Å². The maximum atomic E-state index is 10.9. The van der Waals surface area contributed by atoms with Crippen LogP contribution in [-0.4, -0.2) is 17.2 Å². The van der Waals surface area contributed by atoms with E-state index in [4.69, 9.17) is 9.47 Å². The molecule has 0 saturated carbocycles. The molecule has 0 saturated heterocycles. The Morgan fingerprint density at radius 2 is 2.00 bits per heavy atom. The second kappa shape index (κ2) is 8.50. The molecule has 25 heavy (non-hydrogen) atoms. The molecule has 0 aliphatic carbocycles. The van der Waals surface area contributed by atoms with Gasteiger partial charge in [0, 0.05) is 11.6 Å². The minimum atomic E-state index is -0.850. The Balaban J connectivity index is 2.38. The van der Waals surface area contributed by atoms with Gasteiger partial charge in [-0.05, 0) is 27.9 Å². The van der Waals surface area contributed by atoms with Crippen molar-refractivity contribution in [1.29, 1.82) is 0 Å². The van der Waals surface area contributed by atoms with Crippen LogP contribution in [0.5, 0.6) is 11.5 Å². The van der Waals surface area contributed by atoms with Crippen LogP contribution in [0.2, 0.25) is 0 Å². The van der Waals surface area contributed by atoms with Crippen LogP contribution in [0.25, 0.3) is 0 Å². The fourth-order valence-electron chi connectivity index (χ4n) is 2.49. The van der Waals surface area contributed by atoms with Crippen LogP contribution >= 0.6 is 15.9 Å². The Bertz CT molecular complexity index is 720. The Kier molecular flexibility index (Phi) is 6.62. The highest BCUT2D eigenvalue weighted by atomic mass is 79.9. The molecule has 0 spiro atoms. The van der Waals surface area contributed by atoms with Crippen LogP contribution in [0.4, 0.5) is 0 Å². The van der Waals surface area contributed by atoms with E-state index >= 15 is 0 Å². The standard InChI is InChI=1S/C20H24BrNO3/c1-5-20(3,6-2)19(23)16-18(24-4)17(15(21)12-22-16)25-13-14-10-8-7-9-11-14/h5,7-12,19,23H,1,6,13H2,2-4H3. The quantitative estimate of drug-likeness (QED) is 0.622. The molecule has 0 amide bonds. The summed E-state index contributed by atoms with van der Waals surface area (Å²) in [4.78, 5) is 4.38. The molecule has 2 rings (SSSR count). The van der Waals surface area contributed by atoms with Crippen LogP contribution in [-0.2, 0) is 6.61 Å². The van der Waals surface area contributed by atoms with Gasteiger partial charge in [0.15, 0.2) is 11.5 Å². The van der Waals surface area contributed by atoms with Crippen molar-refractivity contribution in [3.05, 3.63) is 64.9 Å². The molecule has 134 valence electrons. The van der Waals surface area contributed by atoms with E-state index in [9.17, 15) is 5.11 Å². The molecule has 2 aromatic rings. The molecule has 1 heterocycles. The first kappa shape index (κ1) is 19.5. The smallest absolute Gasteiger partial charge is 0.186 e. The third-order valence-corrected chi connectivity index (χ3v) is 5.08. The fourth-order valence-corrected chi connectivity index (χ4v) is 2.88. The first-order valence-corrected chi connectivity index (χ1v) is 8.97. The number of hydrogen-bond donors (Lipinski definition) is 1. The van der Waals surface area contributed by atoms with Crippen LogP contribution in [0.3, 0.4) is 0 Å². The van der Waals surface area contributed by atoms with Gasteiger partial charge in [0.05, 0.1) is 11.6 Å². The lowest BCUT2D eigenvalue weighted by atomic mass is 9.80. The first-order chi connectivity index (χ1) is 12.0. The number of hydrogen-bond acceptors (Lipinski definition) is 4. The lowest BCUT2D eigenvalue weighted by Gasteiger charge is -2.31. The Morgan fingerprint density at radius 3 is 2.56 bits per heavy atom. The van der Waals surface area contributed by atoms with Gasteiger partial charge in [-0.3, -0.25) is 4.98 Å². The molecule has 2 unspecified atom stereocenters. The summed E-state index contributed by atoms with van der Waals surface area (Å²) in [7, 11) is 1.55. The summed E-state index contributed by atoms with van der Waals surface area (Å²) >= 11 is 3.46. The molecule has 1 N–H and O–H groups in total. The predicted molar refractivity (Wildman–Crippen MR) is 103 cm³/mol. The normalized spacial score (nSPS) is 14.4. The zero-order valence-corrected chi connectivity index (χ0v) is 16.4. The third-order valence-electron chi connectivity index (χ3n) is 4.51. The van der Waals surface area contributed by atoms with E-state index in [0.29, 0.717) is 28.3 Å². The SMILES string of the molecule is C=CC(C)(CC)C(O)c1ncc(Br)c(OCc2ccccc2)c1OC. The van der Waals surface area contributed by atoms with Gasteiger partial charge in [-0.15, -0.1) is 6.58 Å².